The molecule has 1 fully saturated rings. The van der Waals surface area contributed by atoms with Crippen LogP contribution in [0.3, 0.4) is 0 Å². The zero-order valence-corrected chi connectivity index (χ0v) is 11.1. The number of hydrogen-bond donors (Lipinski definition) is 2. The SMILES string of the molecule is CC1(O)CCN(C(=O)c2cc([N+](=O)[O-])cnc2N)CC1. The van der Waals surface area contributed by atoms with Crippen LogP contribution in [-0.2, 0) is 0 Å². The number of carbonyl (C=O) groups is 1. The number of amides is 1. The van der Waals surface area contributed by atoms with E-state index in [4.69, 9.17) is 5.73 Å². The van der Waals surface area contributed by atoms with E-state index < -0.39 is 16.4 Å². The highest BCUT2D eigenvalue weighted by molar-refractivity contribution is 5.98. The Morgan fingerprint density at radius 2 is 2.15 bits per heavy atom. The van der Waals surface area contributed by atoms with Crippen molar-refractivity contribution >= 4 is 17.4 Å². The minimum Gasteiger partial charge on any atom is -0.390 e. The number of carbonyl (C=O) groups excluding carboxylic acids is 1. The minimum absolute atomic E-state index is 0.0285. The third kappa shape index (κ3) is 2.85. The lowest BCUT2D eigenvalue weighted by Gasteiger charge is -2.35. The number of likely N-dealkylation sites (tertiary alicyclic amines) is 1. The molecular weight excluding hydrogens is 264 g/mol. The van der Waals surface area contributed by atoms with Crippen molar-refractivity contribution in [1.29, 1.82) is 0 Å². The van der Waals surface area contributed by atoms with Crippen LogP contribution in [0.25, 0.3) is 0 Å². The molecule has 1 aliphatic rings. The van der Waals surface area contributed by atoms with Gasteiger partial charge in [0.15, 0.2) is 0 Å². The number of nitro groups is 1. The van der Waals surface area contributed by atoms with Crippen LogP contribution < -0.4 is 5.73 Å². The molecule has 20 heavy (non-hydrogen) atoms. The van der Waals surface area contributed by atoms with Gasteiger partial charge in [0.05, 0.1) is 16.1 Å². The maximum absolute atomic E-state index is 12.3. The molecule has 8 nitrogen and oxygen atoms in total. The molecule has 0 bridgehead atoms. The Labute approximate surface area is 115 Å². The fourth-order valence-electron chi connectivity index (χ4n) is 2.10. The highest BCUT2D eigenvalue weighted by atomic mass is 16.6. The smallest absolute Gasteiger partial charge is 0.288 e. The molecule has 2 heterocycles. The number of rotatable bonds is 2. The molecule has 1 aromatic heterocycles. The Bertz CT molecular complexity index is 548. The van der Waals surface area contributed by atoms with Crippen molar-refractivity contribution in [2.75, 3.05) is 18.8 Å². The first-order valence-corrected chi connectivity index (χ1v) is 6.22. The van der Waals surface area contributed by atoms with Gasteiger partial charge < -0.3 is 15.7 Å². The summed E-state index contributed by atoms with van der Waals surface area (Å²) >= 11 is 0. The Balaban J connectivity index is 2.21. The standard InChI is InChI=1S/C12H16N4O4/c1-12(18)2-4-15(5-3-12)11(17)9-6-8(16(19)20)7-14-10(9)13/h6-7,18H,2-5H2,1H3,(H2,13,14). The minimum atomic E-state index is -0.775. The number of nitrogen functional groups attached to an aromatic ring is 1. The molecule has 108 valence electrons. The van der Waals surface area contributed by atoms with Crippen molar-refractivity contribution in [3.8, 4) is 0 Å². The van der Waals surface area contributed by atoms with E-state index in [1.165, 1.54) is 4.90 Å². The number of pyridine rings is 1. The molecule has 2 rings (SSSR count). The van der Waals surface area contributed by atoms with Gasteiger partial charge in [-0.15, -0.1) is 0 Å². The molecule has 0 saturated carbocycles. The number of hydrogen-bond acceptors (Lipinski definition) is 6. The zero-order valence-electron chi connectivity index (χ0n) is 11.1. The fraction of sp³-hybridized carbons (Fsp3) is 0.500. The maximum atomic E-state index is 12.3. The van der Waals surface area contributed by atoms with Gasteiger partial charge in [-0.2, -0.15) is 0 Å². The molecule has 0 atom stereocenters. The van der Waals surface area contributed by atoms with Gasteiger partial charge in [0, 0.05) is 19.2 Å². The van der Waals surface area contributed by atoms with Crippen molar-refractivity contribution in [3.63, 3.8) is 0 Å². The number of aromatic nitrogens is 1. The largest absolute Gasteiger partial charge is 0.390 e. The predicted molar refractivity (Wildman–Crippen MR) is 71.1 cm³/mol. The second kappa shape index (κ2) is 5.04. The van der Waals surface area contributed by atoms with Gasteiger partial charge >= 0.3 is 0 Å². The first-order valence-electron chi connectivity index (χ1n) is 6.22. The van der Waals surface area contributed by atoms with Gasteiger partial charge in [0.1, 0.15) is 12.0 Å². The van der Waals surface area contributed by atoms with Crippen LogP contribution in [0.4, 0.5) is 11.5 Å². The summed E-state index contributed by atoms with van der Waals surface area (Å²) in [5, 5.41) is 20.6. The predicted octanol–water partition coefficient (Wildman–Crippen LogP) is 0.559. The summed E-state index contributed by atoms with van der Waals surface area (Å²) in [7, 11) is 0. The van der Waals surface area contributed by atoms with Crippen LogP contribution in [0, 0.1) is 10.1 Å². The molecular formula is C12H16N4O4. The van der Waals surface area contributed by atoms with Crippen molar-refractivity contribution < 1.29 is 14.8 Å². The van der Waals surface area contributed by atoms with E-state index in [9.17, 15) is 20.0 Å². The molecule has 0 unspecified atom stereocenters. The summed E-state index contributed by atoms with van der Waals surface area (Å²) in [5.74, 6) is -0.424. The van der Waals surface area contributed by atoms with Gasteiger partial charge in [-0.1, -0.05) is 0 Å². The van der Waals surface area contributed by atoms with Gasteiger partial charge in [0.2, 0.25) is 0 Å². The summed E-state index contributed by atoms with van der Waals surface area (Å²) < 4.78 is 0. The number of anilines is 1. The monoisotopic (exact) mass is 280 g/mol. The summed E-state index contributed by atoms with van der Waals surface area (Å²) in [6.07, 6.45) is 1.94. The van der Waals surface area contributed by atoms with Crippen LogP contribution in [0.5, 0.6) is 0 Å². The van der Waals surface area contributed by atoms with Crippen molar-refractivity contribution in [2.45, 2.75) is 25.4 Å². The Hall–Kier alpha value is -2.22. The van der Waals surface area contributed by atoms with E-state index >= 15 is 0 Å². The second-order valence-electron chi connectivity index (χ2n) is 5.17. The molecule has 8 heteroatoms. The molecule has 1 saturated heterocycles. The van der Waals surface area contributed by atoms with Crippen LogP contribution in [0.1, 0.15) is 30.1 Å². The quantitative estimate of drug-likeness (QED) is 0.602. The second-order valence-corrected chi connectivity index (χ2v) is 5.17. The van der Waals surface area contributed by atoms with Crippen molar-refractivity contribution in [1.82, 2.24) is 9.88 Å². The first kappa shape index (κ1) is 14.2. The molecule has 3 N–H and O–H groups in total. The van der Waals surface area contributed by atoms with Crippen molar-refractivity contribution in [2.24, 2.45) is 0 Å². The average Bonchev–Trinajstić information content (AvgIpc) is 2.38. The summed E-state index contributed by atoms with van der Waals surface area (Å²) in [6.45, 7) is 2.49. The van der Waals surface area contributed by atoms with Crippen LogP contribution >= 0.6 is 0 Å². The lowest BCUT2D eigenvalue weighted by molar-refractivity contribution is -0.385. The number of piperidine rings is 1. The number of nitrogens with two attached hydrogens (primary N) is 1. The molecule has 0 spiro atoms. The van der Waals surface area contributed by atoms with E-state index in [1.807, 2.05) is 0 Å². The summed E-state index contributed by atoms with van der Waals surface area (Å²) in [6, 6.07) is 1.14. The highest BCUT2D eigenvalue weighted by Crippen LogP contribution is 2.24. The molecule has 0 aliphatic carbocycles. The molecule has 1 amide bonds. The van der Waals surface area contributed by atoms with Crippen LogP contribution in [0.15, 0.2) is 12.3 Å². The van der Waals surface area contributed by atoms with Gasteiger partial charge in [-0.05, 0) is 19.8 Å². The van der Waals surface area contributed by atoms with E-state index in [1.54, 1.807) is 6.92 Å². The third-order valence-electron chi connectivity index (χ3n) is 3.47. The maximum Gasteiger partial charge on any atom is 0.288 e. The van der Waals surface area contributed by atoms with Gasteiger partial charge in [-0.25, -0.2) is 4.98 Å². The van der Waals surface area contributed by atoms with E-state index in [-0.39, 0.29) is 17.1 Å². The van der Waals surface area contributed by atoms with Crippen molar-refractivity contribution in [3.05, 3.63) is 27.9 Å². The molecule has 1 aromatic rings. The third-order valence-corrected chi connectivity index (χ3v) is 3.47. The van der Waals surface area contributed by atoms with E-state index in [0.717, 1.165) is 12.3 Å². The lowest BCUT2D eigenvalue weighted by Crippen LogP contribution is -2.45. The zero-order chi connectivity index (χ0) is 14.9. The Kier molecular flexibility index (Phi) is 3.58. The Morgan fingerprint density at radius 3 is 2.70 bits per heavy atom. The number of aliphatic hydroxyl groups is 1. The molecule has 1 aliphatic heterocycles. The number of nitrogens with zero attached hydrogens (tertiary/aromatic N) is 3. The van der Waals surface area contributed by atoms with Crippen LogP contribution in [0.2, 0.25) is 0 Å². The van der Waals surface area contributed by atoms with E-state index in [2.05, 4.69) is 4.98 Å². The lowest BCUT2D eigenvalue weighted by atomic mass is 9.93. The molecule has 0 aromatic carbocycles. The summed E-state index contributed by atoms with van der Waals surface area (Å²) in [5.41, 5.74) is 4.60. The highest BCUT2D eigenvalue weighted by Gasteiger charge is 2.31. The molecule has 0 radical (unpaired) electrons. The van der Waals surface area contributed by atoms with Gasteiger partial charge in [-0.3, -0.25) is 14.9 Å². The average molecular weight is 280 g/mol. The first-order chi connectivity index (χ1) is 9.30. The topological polar surface area (TPSA) is 123 Å². The summed E-state index contributed by atoms with van der Waals surface area (Å²) in [4.78, 5) is 27.6. The Morgan fingerprint density at radius 1 is 1.55 bits per heavy atom. The van der Waals surface area contributed by atoms with Gasteiger partial charge in [0.25, 0.3) is 11.6 Å². The van der Waals surface area contributed by atoms with Crippen LogP contribution in [-0.4, -0.2) is 44.5 Å². The fourth-order valence-corrected chi connectivity index (χ4v) is 2.10. The normalized spacial score (nSPS) is 17.8. The van der Waals surface area contributed by atoms with E-state index in [0.29, 0.717) is 25.9 Å².